The lowest BCUT2D eigenvalue weighted by atomic mass is 10.1. The van der Waals surface area contributed by atoms with Crippen LogP contribution in [0, 0.1) is 17.1 Å². The third-order valence-electron chi connectivity index (χ3n) is 5.18. The molecule has 1 saturated heterocycles. The van der Waals surface area contributed by atoms with Crippen LogP contribution in [0.2, 0.25) is 0 Å². The van der Waals surface area contributed by atoms with Crippen molar-refractivity contribution >= 4 is 11.6 Å². The van der Waals surface area contributed by atoms with Crippen LogP contribution in [0.3, 0.4) is 0 Å². The number of rotatable bonds is 5. The Morgan fingerprint density at radius 2 is 1.90 bits per heavy atom. The van der Waals surface area contributed by atoms with Crippen molar-refractivity contribution in [3.63, 3.8) is 0 Å². The Balaban J connectivity index is 1.31. The first-order valence-corrected chi connectivity index (χ1v) is 9.76. The van der Waals surface area contributed by atoms with Crippen LogP contribution in [-0.2, 0) is 11.3 Å². The van der Waals surface area contributed by atoms with E-state index in [4.69, 9.17) is 9.47 Å². The minimum absolute atomic E-state index is 0.0264. The first-order chi connectivity index (χ1) is 14.6. The summed E-state index contributed by atoms with van der Waals surface area (Å²) in [4.78, 5) is 15.8. The number of hydrogen-bond acceptors (Lipinski definition) is 5. The molecule has 154 valence electrons. The maximum absolute atomic E-state index is 13.0. The van der Waals surface area contributed by atoms with Crippen LogP contribution in [0.5, 0.6) is 11.5 Å². The van der Waals surface area contributed by atoms with Gasteiger partial charge < -0.3 is 24.6 Å². The molecule has 1 amide bonds. The van der Waals surface area contributed by atoms with Crippen molar-refractivity contribution in [2.24, 2.45) is 0 Å². The summed E-state index contributed by atoms with van der Waals surface area (Å²) in [7, 11) is 0. The predicted molar refractivity (Wildman–Crippen MR) is 107 cm³/mol. The number of fused-ring (bicyclic) bond motifs is 1. The van der Waals surface area contributed by atoms with E-state index in [2.05, 4.69) is 11.4 Å². The smallest absolute Gasteiger partial charge is 0.267 e. The van der Waals surface area contributed by atoms with Gasteiger partial charge in [-0.25, -0.2) is 4.39 Å². The molecule has 8 heteroatoms. The topological polar surface area (TPSA) is 79.0 Å². The number of carbonyl (C=O) groups is 1. The molecular weight excluding hydrogens is 387 g/mol. The van der Waals surface area contributed by atoms with E-state index in [0.717, 1.165) is 44.2 Å². The summed E-state index contributed by atoms with van der Waals surface area (Å²) in [6.07, 6.45) is 1.61. The Labute approximate surface area is 173 Å². The molecule has 0 aromatic heterocycles. The molecule has 2 aliphatic rings. The van der Waals surface area contributed by atoms with Gasteiger partial charge in [0.05, 0.1) is 26.2 Å². The third kappa shape index (κ3) is 4.70. The van der Waals surface area contributed by atoms with E-state index < -0.39 is 5.91 Å². The van der Waals surface area contributed by atoms with E-state index >= 15 is 0 Å². The highest BCUT2D eigenvalue weighted by Crippen LogP contribution is 2.32. The standard InChI is InChI=1S/C22H21FN4O3/c23-18-2-4-19(5-3-18)25-22(28)17(12-24)14-27-9-7-26(8-10-27)13-16-1-6-20-21(11-16)30-15-29-20/h1-6,11,14H,7-10,13,15H2,(H,25,28)/p+1/b17-14+. The van der Waals surface area contributed by atoms with Gasteiger partial charge in [0, 0.05) is 17.5 Å². The van der Waals surface area contributed by atoms with Gasteiger partial charge in [0.1, 0.15) is 24.0 Å². The molecule has 0 spiro atoms. The Morgan fingerprint density at radius 1 is 1.17 bits per heavy atom. The highest BCUT2D eigenvalue weighted by Gasteiger charge is 2.21. The lowest BCUT2D eigenvalue weighted by Gasteiger charge is -2.31. The molecule has 0 aliphatic carbocycles. The minimum atomic E-state index is -0.501. The van der Waals surface area contributed by atoms with Gasteiger partial charge in [-0.1, -0.05) is 0 Å². The second-order valence-corrected chi connectivity index (χ2v) is 7.27. The molecule has 4 rings (SSSR count). The van der Waals surface area contributed by atoms with Crippen molar-refractivity contribution in [3.05, 3.63) is 65.6 Å². The zero-order chi connectivity index (χ0) is 20.9. The molecule has 0 bridgehead atoms. The van der Waals surface area contributed by atoms with Gasteiger partial charge in [0.25, 0.3) is 5.91 Å². The summed E-state index contributed by atoms with van der Waals surface area (Å²) >= 11 is 0. The van der Waals surface area contributed by atoms with E-state index in [-0.39, 0.29) is 18.2 Å². The van der Waals surface area contributed by atoms with Gasteiger partial charge in [-0.15, -0.1) is 0 Å². The minimum Gasteiger partial charge on any atom is -0.454 e. The number of piperazine rings is 1. The molecule has 0 unspecified atom stereocenters. The molecule has 1 fully saturated rings. The molecule has 0 atom stereocenters. The fraction of sp³-hybridized carbons (Fsp3) is 0.273. The zero-order valence-electron chi connectivity index (χ0n) is 16.4. The van der Waals surface area contributed by atoms with Crippen molar-refractivity contribution in [2.75, 3.05) is 38.3 Å². The van der Waals surface area contributed by atoms with E-state index in [9.17, 15) is 14.4 Å². The van der Waals surface area contributed by atoms with Crippen LogP contribution >= 0.6 is 0 Å². The van der Waals surface area contributed by atoms with Crippen molar-refractivity contribution in [1.82, 2.24) is 4.90 Å². The molecule has 2 heterocycles. The van der Waals surface area contributed by atoms with Crippen molar-refractivity contribution in [2.45, 2.75) is 6.54 Å². The number of quaternary nitrogens is 1. The molecular formula is C22H22FN4O3+. The second kappa shape index (κ2) is 8.84. The second-order valence-electron chi connectivity index (χ2n) is 7.27. The molecule has 0 radical (unpaired) electrons. The summed E-state index contributed by atoms with van der Waals surface area (Å²) in [6.45, 7) is 4.42. The summed E-state index contributed by atoms with van der Waals surface area (Å²) < 4.78 is 23.8. The van der Waals surface area contributed by atoms with Gasteiger partial charge >= 0.3 is 0 Å². The van der Waals surface area contributed by atoms with Gasteiger partial charge in [0.15, 0.2) is 11.5 Å². The van der Waals surface area contributed by atoms with E-state index in [0.29, 0.717) is 5.69 Å². The molecule has 30 heavy (non-hydrogen) atoms. The summed E-state index contributed by atoms with van der Waals surface area (Å²) in [5.74, 6) is 0.690. The molecule has 2 aromatic carbocycles. The number of benzene rings is 2. The van der Waals surface area contributed by atoms with E-state index in [1.54, 1.807) is 6.20 Å². The maximum atomic E-state index is 13.0. The normalized spacial score (nSPS) is 16.3. The van der Waals surface area contributed by atoms with Gasteiger partial charge in [-0.05, 0) is 42.5 Å². The van der Waals surface area contributed by atoms with Crippen molar-refractivity contribution in [1.29, 1.82) is 5.26 Å². The van der Waals surface area contributed by atoms with Gasteiger partial charge in [0.2, 0.25) is 6.79 Å². The molecule has 2 N–H and O–H groups in total. The lowest BCUT2D eigenvalue weighted by molar-refractivity contribution is -0.917. The van der Waals surface area contributed by atoms with Crippen LogP contribution in [0.1, 0.15) is 5.56 Å². The Bertz CT molecular complexity index is 992. The average Bonchev–Trinajstić information content (AvgIpc) is 3.22. The third-order valence-corrected chi connectivity index (χ3v) is 5.18. The summed E-state index contributed by atoms with van der Waals surface area (Å²) in [5, 5.41) is 12.0. The SMILES string of the molecule is N#C/C(=C\N1CC[NH+](Cc2ccc3c(c2)OCO3)CC1)C(=O)Nc1ccc(F)cc1. The average molecular weight is 409 g/mol. The summed E-state index contributed by atoms with van der Waals surface area (Å²) in [5.41, 5.74) is 1.66. The van der Waals surface area contributed by atoms with Crippen LogP contribution in [0.15, 0.2) is 54.2 Å². The van der Waals surface area contributed by atoms with Crippen molar-refractivity contribution in [3.8, 4) is 17.6 Å². The number of anilines is 1. The number of hydrogen-bond donors (Lipinski definition) is 2. The number of carbonyl (C=O) groups excluding carboxylic acids is 1. The maximum Gasteiger partial charge on any atom is 0.267 e. The van der Waals surface area contributed by atoms with Crippen LogP contribution in [0.4, 0.5) is 10.1 Å². The Morgan fingerprint density at radius 3 is 2.63 bits per heavy atom. The quantitative estimate of drug-likeness (QED) is 0.575. The monoisotopic (exact) mass is 409 g/mol. The van der Waals surface area contributed by atoms with Crippen LogP contribution in [-0.4, -0.2) is 43.8 Å². The number of nitriles is 1. The number of halogens is 1. The lowest BCUT2D eigenvalue weighted by Crippen LogP contribution is -3.13. The largest absolute Gasteiger partial charge is 0.454 e. The van der Waals surface area contributed by atoms with E-state index in [1.165, 1.54) is 34.7 Å². The molecule has 2 aromatic rings. The highest BCUT2D eigenvalue weighted by molar-refractivity contribution is 6.06. The predicted octanol–water partition coefficient (Wildman–Crippen LogP) is 1.30. The number of ether oxygens (including phenoxy) is 2. The zero-order valence-corrected chi connectivity index (χ0v) is 16.4. The number of nitrogens with zero attached hydrogens (tertiary/aromatic N) is 2. The Kier molecular flexibility index (Phi) is 5.82. The van der Waals surface area contributed by atoms with Gasteiger partial charge in [-0.3, -0.25) is 4.79 Å². The molecule has 2 aliphatic heterocycles. The first-order valence-electron chi connectivity index (χ1n) is 9.76. The fourth-order valence-electron chi connectivity index (χ4n) is 3.54. The molecule has 0 saturated carbocycles. The number of nitrogens with one attached hydrogen (secondary N) is 2. The van der Waals surface area contributed by atoms with E-state index in [1.807, 2.05) is 23.1 Å². The van der Waals surface area contributed by atoms with Gasteiger partial charge in [-0.2, -0.15) is 5.26 Å². The molecule has 7 nitrogen and oxygen atoms in total. The highest BCUT2D eigenvalue weighted by atomic mass is 19.1. The first kappa shape index (κ1) is 19.7. The van der Waals surface area contributed by atoms with Crippen molar-refractivity contribution < 1.29 is 23.6 Å². The number of amides is 1. The van der Waals surface area contributed by atoms with Crippen LogP contribution < -0.4 is 19.7 Å². The Hall–Kier alpha value is -3.57. The fourth-order valence-corrected chi connectivity index (χ4v) is 3.54. The summed E-state index contributed by atoms with van der Waals surface area (Å²) in [6, 6.07) is 13.4. The van der Waals surface area contributed by atoms with Crippen LogP contribution in [0.25, 0.3) is 0 Å².